The highest BCUT2D eigenvalue weighted by molar-refractivity contribution is 6.32. The quantitative estimate of drug-likeness (QED) is 0.925. The van der Waals surface area contributed by atoms with Crippen molar-refractivity contribution in [2.75, 3.05) is 26.2 Å². The number of nitrogens with one attached hydrogen (secondary N) is 1. The zero-order valence-corrected chi connectivity index (χ0v) is 14.0. The van der Waals surface area contributed by atoms with Crippen LogP contribution in [-0.4, -0.2) is 43.1 Å². The van der Waals surface area contributed by atoms with Gasteiger partial charge in [-0.3, -0.25) is 4.79 Å². The maximum atomic E-state index is 12.4. The second-order valence-corrected chi connectivity index (χ2v) is 5.53. The number of nitrogens with zero attached hydrogens (tertiary/aromatic N) is 1. The molecule has 1 heterocycles. The van der Waals surface area contributed by atoms with Crippen molar-refractivity contribution in [2.45, 2.75) is 26.4 Å². The molecule has 0 saturated carbocycles. The SMILES string of the molecule is Cc1ccc(Cl)c(OC(C)C(=O)N2CCCNCC2)c1.Cl. The van der Waals surface area contributed by atoms with E-state index in [2.05, 4.69) is 5.32 Å². The Balaban J connectivity index is 0.00000220. The fourth-order valence-electron chi connectivity index (χ4n) is 2.26. The average molecular weight is 333 g/mol. The van der Waals surface area contributed by atoms with E-state index in [9.17, 15) is 4.79 Å². The molecule has 0 spiro atoms. The van der Waals surface area contributed by atoms with E-state index in [1.165, 1.54) is 0 Å². The molecule has 1 saturated heterocycles. The number of carbonyl (C=O) groups excluding carboxylic acids is 1. The Morgan fingerprint density at radius 2 is 2.14 bits per heavy atom. The summed E-state index contributed by atoms with van der Waals surface area (Å²) in [7, 11) is 0. The van der Waals surface area contributed by atoms with Crippen LogP contribution < -0.4 is 10.1 Å². The van der Waals surface area contributed by atoms with E-state index in [1.54, 1.807) is 13.0 Å². The Morgan fingerprint density at radius 3 is 2.90 bits per heavy atom. The van der Waals surface area contributed by atoms with Gasteiger partial charge in [-0.15, -0.1) is 12.4 Å². The lowest BCUT2D eigenvalue weighted by Crippen LogP contribution is -2.42. The summed E-state index contributed by atoms with van der Waals surface area (Å²) < 4.78 is 5.74. The predicted molar refractivity (Wildman–Crippen MR) is 87.6 cm³/mol. The summed E-state index contributed by atoms with van der Waals surface area (Å²) in [6.07, 6.45) is 0.455. The van der Waals surface area contributed by atoms with Crippen LogP contribution in [-0.2, 0) is 4.79 Å². The molecule has 1 aromatic carbocycles. The fourth-order valence-corrected chi connectivity index (χ4v) is 2.43. The van der Waals surface area contributed by atoms with E-state index < -0.39 is 6.10 Å². The molecule has 4 nitrogen and oxygen atoms in total. The monoisotopic (exact) mass is 332 g/mol. The summed E-state index contributed by atoms with van der Waals surface area (Å²) in [4.78, 5) is 14.2. The highest BCUT2D eigenvalue weighted by Crippen LogP contribution is 2.26. The van der Waals surface area contributed by atoms with Crippen LogP contribution in [0.1, 0.15) is 18.9 Å². The van der Waals surface area contributed by atoms with E-state index in [-0.39, 0.29) is 18.3 Å². The zero-order chi connectivity index (χ0) is 14.5. The number of benzene rings is 1. The van der Waals surface area contributed by atoms with Crippen molar-refractivity contribution in [2.24, 2.45) is 0 Å². The molecular formula is C15H22Cl2N2O2. The molecule has 1 unspecified atom stereocenters. The van der Waals surface area contributed by atoms with Gasteiger partial charge in [0.15, 0.2) is 6.10 Å². The van der Waals surface area contributed by atoms with E-state index in [4.69, 9.17) is 16.3 Å². The molecule has 0 radical (unpaired) electrons. The minimum Gasteiger partial charge on any atom is -0.479 e. The Bertz CT molecular complexity index is 475. The molecule has 1 aromatic rings. The second kappa shape index (κ2) is 8.47. The first kappa shape index (κ1) is 18.1. The Morgan fingerprint density at radius 1 is 1.38 bits per heavy atom. The minimum absolute atomic E-state index is 0. The third kappa shape index (κ3) is 5.06. The lowest BCUT2D eigenvalue weighted by Gasteiger charge is -2.24. The molecule has 2 rings (SSSR count). The summed E-state index contributed by atoms with van der Waals surface area (Å²) in [6.45, 7) is 7.05. The summed E-state index contributed by atoms with van der Waals surface area (Å²) >= 11 is 6.10. The molecule has 0 aliphatic carbocycles. The van der Waals surface area contributed by atoms with E-state index in [0.717, 1.165) is 38.2 Å². The third-order valence-corrected chi connectivity index (χ3v) is 3.70. The molecule has 21 heavy (non-hydrogen) atoms. The molecule has 1 N–H and O–H groups in total. The minimum atomic E-state index is -0.521. The number of aryl methyl sites for hydroxylation is 1. The van der Waals surface area contributed by atoms with Crippen molar-refractivity contribution < 1.29 is 9.53 Å². The number of carbonyl (C=O) groups is 1. The van der Waals surface area contributed by atoms with Crippen LogP contribution in [0.3, 0.4) is 0 Å². The van der Waals surface area contributed by atoms with Gasteiger partial charge in [0, 0.05) is 19.6 Å². The van der Waals surface area contributed by atoms with Crippen molar-refractivity contribution in [1.82, 2.24) is 10.2 Å². The van der Waals surface area contributed by atoms with Crippen LogP contribution in [0.15, 0.2) is 18.2 Å². The summed E-state index contributed by atoms with van der Waals surface area (Å²) in [5.74, 6) is 0.590. The van der Waals surface area contributed by atoms with E-state index >= 15 is 0 Å². The van der Waals surface area contributed by atoms with Crippen LogP contribution in [0.25, 0.3) is 0 Å². The summed E-state index contributed by atoms with van der Waals surface area (Å²) in [6, 6.07) is 5.57. The first-order chi connectivity index (χ1) is 9.58. The fraction of sp³-hybridized carbons (Fsp3) is 0.533. The maximum absolute atomic E-state index is 12.4. The topological polar surface area (TPSA) is 41.6 Å². The molecule has 118 valence electrons. The number of hydrogen-bond acceptors (Lipinski definition) is 3. The summed E-state index contributed by atoms with van der Waals surface area (Å²) in [5, 5.41) is 3.82. The van der Waals surface area contributed by atoms with Gasteiger partial charge in [-0.2, -0.15) is 0 Å². The smallest absolute Gasteiger partial charge is 0.263 e. The predicted octanol–water partition coefficient (Wildman–Crippen LogP) is 2.66. The van der Waals surface area contributed by atoms with Crippen LogP contribution in [0.4, 0.5) is 0 Å². The standard InChI is InChI=1S/C15H21ClN2O2.ClH/c1-11-4-5-13(16)14(10-11)20-12(2)15(19)18-8-3-6-17-7-9-18;/h4-5,10,12,17H,3,6-9H2,1-2H3;1H. The number of halogens is 2. The molecule has 6 heteroatoms. The van der Waals surface area contributed by atoms with Gasteiger partial charge in [-0.05, 0) is 44.5 Å². The van der Waals surface area contributed by atoms with Crippen molar-refractivity contribution in [1.29, 1.82) is 0 Å². The number of hydrogen-bond donors (Lipinski definition) is 1. The van der Waals surface area contributed by atoms with Gasteiger partial charge in [0.25, 0.3) is 5.91 Å². The largest absolute Gasteiger partial charge is 0.479 e. The van der Waals surface area contributed by atoms with Crippen molar-refractivity contribution in [3.05, 3.63) is 28.8 Å². The highest BCUT2D eigenvalue weighted by atomic mass is 35.5. The van der Waals surface area contributed by atoms with Crippen LogP contribution in [0, 0.1) is 6.92 Å². The average Bonchev–Trinajstić information content (AvgIpc) is 2.71. The van der Waals surface area contributed by atoms with E-state index in [0.29, 0.717) is 10.8 Å². The van der Waals surface area contributed by atoms with Gasteiger partial charge in [0.05, 0.1) is 5.02 Å². The zero-order valence-electron chi connectivity index (χ0n) is 12.4. The molecule has 0 aromatic heterocycles. The normalized spacial score (nSPS) is 16.6. The van der Waals surface area contributed by atoms with Gasteiger partial charge in [-0.25, -0.2) is 0 Å². The Hall–Kier alpha value is -0.970. The van der Waals surface area contributed by atoms with Gasteiger partial charge in [-0.1, -0.05) is 17.7 Å². The van der Waals surface area contributed by atoms with E-state index in [1.807, 2.05) is 24.0 Å². The first-order valence-electron chi connectivity index (χ1n) is 7.00. The lowest BCUT2D eigenvalue weighted by molar-refractivity contribution is -0.137. The Kier molecular flexibility index (Phi) is 7.29. The lowest BCUT2D eigenvalue weighted by atomic mass is 10.2. The van der Waals surface area contributed by atoms with Crippen molar-refractivity contribution in [3.8, 4) is 5.75 Å². The maximum Gasteiger partial charge on any atom is 0.263 e. The van der Waals surface area contributed by atoms with Crippen molar-refractivity contribution in [3.63, 3.8) is 0 Å². The number of amides is 1. The Labute approximate surface area is 137 Å². The van der Waals surface area contributed by atoms with Crippen LogP contribution in [0.5, 0.6) is 5.75 Å². The molecule has 0 bridgehead atoms. The van der Waals surface area contributed by atoms with Crippen LogP contribution in [0.2, 0.25) is 5.02 Å². The molecule has 1 fully saturated rings. The number of ether oxygens (including phenoxy) is 1. The second-order valence-electron chi connectivity index (χ2n) is 5.12. The van der Waals surface area contributed by atoms with Gasteiger partial charge < -0.3 is 15.0 Å². The molecule has 1 amide bonds. The molecule has 1 aliphatic rings. The van der Waals surface area contributed by atoms with Gasteiger partial charge >= 0.3 is 0 Å². The van der Waals surface area contributed by atoms with Crippen LogP contribution >= 0.6 is 24.0 Å². The van der Waals surface area contributed by atoms with Crippen molar-refractivity contribution >= 4 is 29.9 Å². The number of rotatable bonds is 3. The molecule has 1 atom stereocenters. The summed E-state index contributed by atoms with van der Waals surface area (Å²) in [5.41, 5.74) is 1.06. The first-order valence-corrected chi connectivity index (χ1v) is 7.38. The molecule has 1 aliphatic heterocycles. The van der Waals surface area contributed by atoms with Gasteiger partial charge in [0.1, 0.15) is 5.75 Å². The highest BCUT2D eigenvalue weighted by Gasteiger charge is 2.23. The molecular weight excluding hydrogens is 311 g/mol. The third-order valence-electron chi connectivity index (χ3n) is 3.39. The van der Waals surface area contributed by atoms with Gasteiger partial charge in [0.2, 0.25) is 0 Å².